The molecule has 3 aromatic rings. The van der Waals surface area contributed by atoms with Crippen molar-refractivity contribution in [3.05, 3.63) is 41.1 Å². The lowest BCUT2D eigenvalue weighted by atomic mass is 10.0. The summed E-state index contributed by atoms with van der Waals surface area (Å²) in [4.78, 5) is 4.57. The lowest BCUT2D eigenvalue weighted by Crippen LogP contribution is -1.96. The number of nitrogens with two attached hydrogens (primary N) is 1. The van der Waals surface area contributed by atoms with E-state index in [1.165, 1.54) is 0 Å². The fourth-order valence-corrected chi connectivity index (χ4v) is 3.42. The summed E-state index contributed by atoms with van der Waals surface area (Å²) in [6, 6.07) is 9.53. The third-order valence-corrected chi connectivity index (χ3v) is 4.94. The van der Waals surface area contributed by atoms with Crippen molar-refractivity contribution >= 4 is 21.6 Å². The number of rotatable bonds is 5. The van der Waals surface area contributed by atoms with Crippen LogP contribution in [0.2, 0.25) is 0 Å². The van der Waals surface area contributed by atoms with Gasteiger partial charge in [-0.15, -0.1) is 0 Å². The highest BCUT2D eigenvalue weighted by atomic mass is 79.9. The smallest absolute Gasteiger partial charge is 0.141 e. The monoisotopic (exact) mass is 417 g/mol. The molecule has 0 radical (unpaired) electrons. The molecule has 0 bridgehead atoms. The molecule has 7 heteroatoms. The Morgan fingerprint density at radius 3 is 2.08 bits per heavy atom. The summed E-state index contributed by atoms with van der Waals surface area (Å²) in [6.45, 7) is 0. The summed E-state index contributed by atoms with van der Waals surface area (Å²) in [5.74, 6) is 2.00. The topological polar surface area (TPSA) is 71.5 Å². The van der Waals surface area contributed by atoms with Crippen molar-refractivity contribution in [1.82, 2.24) is 9.55 Å². The van der Waals surface area contributed by atoms with Crippen molar-refractivity contribution in [1.29, 1.82) is 0 Å². The summed E-state index contributed by atoms with van der Waals surface area (Å²) < 4.78 is 18.9. The molecule has 2 aromatic carbocycles. The zero-order chi connectivity index (χ0) is 18.8. The number of benzene rings is 2. The lowest BCUT2D eigenvalue weighted by Gasteiger charge is -2.14. The number of hydrogen-bond donors (Lipinski definition) is 1. The van der Waals surface area contributed by atoms with E-state index in [0.717, 1.165) is 27.0 Å². The van der Waals surface area contributed by atoms with Gasteiger partial charge >= 0.3 is 0 Å². The van der Waals surface area contributed by atoms with Crippen molar-refractivity contribution < 1.29 is 14.2 Å². The van der Waals surface area contributed by atoms with Crippen LogP contribution in [-0.2, 0) is 7.05 Å². The fraction of sp³-hybridized carbons (Fsp3) is 0.211. The maximum absolute atomic E-state index is 6.07. The number of halogens is 1. The van der Waals surface area contributed by atoms with Gasteiger partial charge in [-0.25, -0.2) is 4.98 Å². The summed E-state index contributed by atoms with van der Waals surface area (Å²) in [5, 5.41) is 0. The third kappa shape index (κ3) is 3.10. The molecule has 1 aromatic heterocycles. The first-order valence-corrected chi connectivity index (χ1v) is 8.66. The van der Waals surface area contributed by atoms with E-state index in [1.54, 1.807) is 27.7 Å². The van der Waals surface area contributed by atoms with Crippen LogP contribution in [0.3, 0.4) is 0 Å². The number of hydrogen-bond acceptors (Lipinski definition) is 5. The first-order valence-electron chi connectivity index (χ1n) is 7.87. The third-order valence-electron chi connectivity index (χ3n) is 4.16. The highest BCUT2D eigenvalue weighted by Gasteiger charge is 2.18. The Bertz CT molecular complexity index is 928. The standard InChI is InChI=1S/C19H20BrN3O3/c1-23-10-22-18(11-5-6-14(24-2)13(21)7-11)19(23)12-8-15(25-3)17(20)16(9-12)26-4/h5-10H,21H2,1-4H3. The number of methoxy groups -OCH3 is 3. The zero-order valence-electron chi connectivity index (χ0n) is 15.0. The minimum Gasteiger partial charge on any atom is -0.495 e. The molecule has 0 unspecified atom stereocenters. The second kappa shape index (κ2) is 7.29. The van der Waals surface area contributed by atoms with Crippen LogP contribution in [0.5, 0.6) is 17.2 Å². The van der Waals surface area contributed by atoms with Crippen LogP contribution in [0.4, 0.5) is 5.69 Å². The molecule has 0 aliphatic heterocycles. The fourth-order valence-electron chi connectivity index (χ4n) is 2.87. The Morgan fingerprint density at radius 2 is 1.54 bits per heavy atom. The summed E-state index contributed by atoms with van der Waals surface area (Å²) in [7, 11) is 6.78. The van der Waals surface area contributed by atoms with Crippen LogP contribution in [0.1, 0.15) is 0 Å². The van der Waals surface area contributed by atoms with Gasteiger partial charge in [0.2, 0.25) is 0 Å². The van der Waals surface area contributed by atoms with E-state index in [-0.39, 0.29) is 0 Å². The van der Waals surface area contributed by atoms with Crippen molar-refractivity contribution in [2.75, 3.05) is 27.1 Å². The maximum Gasteiger partial charge on any atom is 0.141 e. The Morgan fingerprint density at radius 1 is 0.923 bits per heavy atom. The molecule has 0 saturated carbocycles. The van der Waals surface area contributed by atoms with E-state index >= 15 is 0 Å². The minimum absolute atomic E-state index is 0.563. The van der Waals surface area contributed by atoms with Gasteiger partial charge in [0.05, 0.1) is 44.7 Å². The Hall–Kier alpha value is -2.67. The van der Waals surface area contributed by atoms with E-state index in [4.69, 9.17) is 19.9 Å². The van der Waals surface area contributed by atoms with Crippen molar-refractivity contribution in [3.63, 3.8) is 0 Å². The van der Waals surface area contributed by atoms with Gasteiger partial charge < -0.3 is 24.5 Å². The van der Waals surface area contributed by atoms with E-state index in [1.807, 2.05) is 41.9 Å². The van der Waals surface area contributed by atoms with Crippen molar-refractivity contribution in [2.45, 2.75) is 0 Å². The highest BCUT2D eigenvalue weighted by molar-refractivity contribution is 9.10. The Balaban J connectivity index is 2.19. The second-order valence-corrected chi connectivity index (χ2v) is 6.50. The van der Waals surface area contributed by atoms with E-state index < -0.39 is 0 Å². The number of nitrogen functional groups attached to an aromatic ring is 1. The van der Waals surface area contributed by atoms with Gasteiger partial charge in [0.15, 0.2) is 0 Å². The number of anilines is 1. The quantitative estimate of drug-likeness (QED) is 0.631. The number of nitrogens with zero attached hydrogens (tertiary/aromatic N) is 2. The molecule has 136 valence electrons. The molecular weight excluding hydrogens is 398 g/mol. The summed E-state index contributed by atoms with van der Waals surface area (Å²) in [6.07, 6.45) is 1.77. The minimum atomic E-state index is 0.563. The van der Waals surface area contributed by atoms with Gasteiger partial charge in [0.25, 0.3) is 0 Å². The van der Waals surface area contributed by atoms with E-state index in [2.05, 4.69) is 20.9 Å². The first-order chi connectivity index (χ1) is 12.5. The maximum atomic E-state index is 6.07. The Labute approximate surface area is 160 Å². The molecule has 3 rings (SSSR count). The normalized spacial score (nSPS) is 10.7. The molecule has 0 amide bonds. The van der Waals surface area contributed by atoms with E-state index in [0.29, 0.717) is 22.9 Å². The lowest BCUT2D eigenvalue weighted by molar-refractivity contribution is 0.390. The molecular formula is C19H20BrN3O3. The van der Waals surface area contributed by atoms with Gasteiger partial charge in [-0.2, -0.15) is 0 Å². The second-order valence-electron chi connectivity index (χ2n) is 5.70. The molecule has 0 fully saturated rings. The van der Waals surface area contributed by atoms with Gasteiger partial charge in [-0.3, -0.25) is 0 Å². The Kier molecular flexibility index (Phi) is 5.08. The first kappa shape index (κ1) is 18.1. The molecule has 0 saturated heterocycles. The number of aromatic nitrogens is 2. The van der Waals surface area contributed by atoms with Crippen LogP contribution in [-0.4, -0.2) is 30.9 Å². The summed E-state index contributed by atoms with van der Waals surface area (Å²) in [5.41, 5.74) is 10.2. The number of ether oxygens (including phenoxy) is 3. The average molecular weight is 418 g/mol. The highest BCUT2D eigenvalue weighted by Crippen LogP contribution is 2.41. The molecule has 2 N–H and O–H groups in total. The molecule has 6 nitrogen and oxygen atoms in total. The zero-order valence-corrected chi connectivity index (χ0v) is 16.6. The van der Waals surface area contributed by atoms with Crippen molar-refractivity contribution in [3.8, 4) is 39.8 Å². The average Bonchev–Trinajstić information content (AvgIpc) is 3.03. The molecule has 26 heavy (non-hydrogen) atoms. The predicted molar refractivity (Wildman–Crippen MR) is 106 cm³/mol. The van der Waals surface area contributed by atoms with Crippen LogP contribution < -0.4 is 19.9 Å². The van der Waals surface area contributed by atoms with E-state index in [9.17, 15) is 0 Å². The van der Waals surface area contributed by atoms with Gasteiger partial charge in [0, 0.05) is 18.2 Å². The molecule has 0 atom stereocenters. The molecule has 1 heterocycles. The molecule has 0 spiro atoms. The SMILES string of the molecule is COc1ccc(-c2ncn(C)c2-c2cc(OC)c(Br)c(OC)c2)cc1N. The predicted octanol–water partition coefficient (Wildman–Crippen LogP) is 4.12. The van der Waals surface area contributed by atoms with Crippen LogP contribution >= 0.6 is 15.9 Å². The van der Waals surface area contributed by atoms with Crippen LogP contribution in [0, 0.1) is 0 Å². The van der Waals surface area contributed by atoms with Gasteiger partial charge in [0.1, 0.15) is 21.7 Å². The van der Waals surface area contributed by atoms with Crippen LogP contribution in [0.25, 0.3) is 22.5 Å². The summed E-state index contributed by atoms with van der Waals surface area (Å²) >= 11 is 3.50. The van der Waals surface area contributed by atoms with Gasteiger partial charge in [-0.1, -0.05) is 0 Å². The molecule has 0 aliphatic carbocycles. The van der Waals surface area contributed by atoms with Crippen molar-refractivity contribution in [2.24, 2.45) is 7.05 Å². The number of aryl methyl sites for hydroxylation is 1. The largest absolute Gasteiger partial charge is 0.495 e. The number of imidazole rings is 1. The van der Waals surface area contributed by atoms with Gasteiger partial charge in [-0.05, 0) is 46.3 Å². The van der Waals surface area contributed by atoms with Crippen LogP contribution in [0.15, 0.2) is 41.1 Å². The molecule has 0 aliphatic rings.